The van der Waals surface area contributed by atoms with E-state index in [1.165, 1.54) is 11.1 Å². The topological polar surface area (TPSA) is 44.5 Å². The molecule has 0 spiro atoms. The molecule has 1 aromatic rings. The first-order valence-corrected chi connectivity index (χ1v) is 5.19. The van der Waals surface area contributed by atoms with Crippen molar-refractivity contribution in [3.8, 4) is 5.75 Å². The Morgan fingerprint density at radius 1 is 1.27 bits per heavy atom. The maximum atomic E-state index is 5.35. The van der Waals surface area contributed by atoms with Crippen LogP contribution in [0.3, 0.4) is 0 Å². The van der Waals surface area contributed by atoms with Crippen LogP contribution in [0.5, 0.6) is 5.75 Å². The first-order chi connectivity index (χ1) is 7.27. The van der Waals surface area contributed by atoms with E-state index in [1.807, 2.05) is 12.1 Å². The molecule has 3 heteroatoms. The Bertz CT molecular complexity index is 300. The fourth-order valence-corrected chi connectivity index (χ4v) is 1.47. The van der Waals surface area contributed by atoms with E-state index in [2.05, 4.69) is 13.0 Å². The monoisotopic (exact) mass is 209 g/mol. The molecular formula is C12H19NO2. The lowest BCUT2D eigenvalue weighted by Gasteiger charge is -2.09. The lowest BCUT2D eigenvalue weighted by molar-refractivity contribution is 0.144. The SMILES string of the molecule is COc1ccc(C)cc1CCOCCN. The zero-order valence-electron chi connectivity index (χ0n) is 9.45. The van der Waals surface area contributed by atoms with E-state index in [9.17, 15) is 0 Å². The fourth-order valence-electron chi connectivity index (χ4n) is 1.47. The van der Waals surface area contributed by atoms with Crippen molar-refractivity contribution < 1.29 is 9.47 Å². The highest BCUT2D eigenvalue weighted by atomic mass is 16.5. The van der Waals surface area contributed by atoms with Crippen molar-refractivity contribution in [2.75, 3.05) is 26.9 Å². The number of hydrogen-bond donors (Lipinski definition) is 1. The highest BCUT2D eigenvalue weighted by molar-refractivity contribution is 5.36. The molecule has 0 aliphatic rings. The Morgan fingerprint density at radius 2 is 2.07 bits per heavy atom. The number of ether oxygens (including phenoxy) is 2. The molecule has 0 bridgehead atoms. The summed E-state index contributed by atoms with van der Waals surface area (Å²) in [5.41, 5.74) is 7.77. The summed E-state index contributed by atoms with van der Waals surface area (Å²) in [6.45, 7) is 3.96. The third kappa shape index (κ3) is 3.90. The summed E-state index contributed by atoms with van der Waals surface area (Å²) in [6.07, 6.45) is 0.866. The van der Waals surface area contributed by atoms with Crippen molar-refractivity contribution in [3.63, 3.8) is 0 Å². The van der Waals surface area contributed by atoms with Crippen molar-refractivity contribution in [2.24, 2.45) is 5.73 Å². The zero-order valence-corrected chi connectivity index (χ0v) is 9.45. The molecule has 0 heterocycles. The Balaban J connectivity index is 2.54. The van der Waals surface area contributed by atoms with Crippen LogP contribution in [0.1, 0.15) is 11.1 Å². The van der Waals surface area contributed by atoms with Gasteiger partial charge in [-0.2, -0.15) is 0 Å². The van der Waals surface area contributed by atoms with Crippen LogP contribution in [0.2, 0.25) is 0 Å². The number of methoxy groups -OCH3 is 1. The van der Waals surface area contributed by atoms with Crippen LogP contribution in [-0.4, -0.2) is 26.9 Å². The quantitative estimate of drug-likeness (QED) is 0.722. The normalized spacial score (nSPS) is 10.3. The molecule has 0 amide bonds. The summed E-state index contributed by atoms with van der Waals surface area (Å²) in [7, 11) is 1.69. The van der Waals surface area contributed by atoms with E-state index >= 15 is 0 Å². The molecule has 0 fully saturated rings. The van der Waals surface area contributed by atoms with E-state index in [4.69, 9.17) is 15.2 Å². The Labute approximate surface area is 91.2 Å². The molecule has 0 unspecified atom stereocenters. The van der Waals surface area contributed by atoms with Gasteiger partial charge in [0.15, 0.2) is 0 Å². The molecule has 0 saturated carbocycles. The molecule has 0 radical (unpaired) electrons. The second-order valence-electron chi connectivity index (χ2n) is 3.47. The van der Waals surface area contributed by atoms with Gasteiger partial charge in [0.25, 0.3) is 0 Å². The molecule has 2 N–H and O–H groups in total. The predicted octanol–water partition coefficient (Wildman–Crippen LogP) is 1.52. The van der Waals surface area contributed by atoms with Gasteiger partial charge in [-0.1, -0.05) is 17.7 Å². The summed E-state index contributed by atoms with van der Waals surface area (Å²) < 4.78 is 10.6. The average molecular weight is 209 g/mol. The van der Waals surface area contributed by atoms with Gasteiger partial charge in [-0.3, -0.25) is 0 Å². The molecule has 0 atom stereocenters. The van der Waals surface area contributed by atoms with E-state index in [0.717, 1.165) is 12.2 Å². The summed E-state index contributed by atoms with van der Waals surface area (Å²) in [5.74, 6) is 0.928. The number of hydrogen-bond acceptors (Lipinski definition) is 3. The van der Waals surface area contributed by atoms with E-state index in [1.54, 1.807) is 7.11 Å². The van der Waals surface area contributed by atoms with Crippen molar-refractivity contribution in [1.29, 1.82) is 0 Å². The maximum Gasteiger partial charge on any atom is 0.122 e. The van der Waals surface area contributed by atoms with E-state index in [-0.39, 0.29) is 0 Å². The van der Waals surface area contributed by atoms with Crippen LogP contribution >= 0.6 is 0 Å². The van der Waals surface area contributed by atoms with E-state index in [0.29, 0.717) is 19.8 Å². The van der Waals surface area contributed by atoms with Gasteiger partial charge in [0.1, 0.15) is 5.75 Å². The van der Waals surface area contributed by atoms with Gasteiger partial charge in [-0.25, -0.2) is 0 Å². The lowest BCUT2D eigenvalue weighted by atomic mass is 10.1. The maximum absolute atomic E-state index is 5.35. The van der Waals surface area contributed by atoms with Crippen LogP contribution in [0.4, 0.5) is 0 Å². The van der Waals surface area contributed by atoms with Gasteiger partial charge in [-0.05, 0) is 25.0 Å². The smallest absolute Gasteiger partial charge is 0.122 e. The van der Waals surface area contributed by atoms with E-state index < -0.39 is 0 Å². The average Bonchev–Trinajstić information content (AvgIpc) is 2.25. The van der Waals surface area contributed by atoms with Gasteiger partial charge < -0.3 is 15.2 Å². The largest absolute Gasteiger partial charge is 0.496 e. The van der Waals surface area contributed by atoms with Gasteiger partial charge in [0, 0.05) is 6.54 Å². The Hall–Kier alpha value is -1.06. The van der Waals surface area contributed by atoms with Gasteiger partial charge in [0.2, 0.25) is 0 Å². The van der Waals surface area contributed by atoms with Crippen molar-refractivity contribution in [1.82, 2.24) is 0 Å². The first kappa shape index (κ1) is 12.0. The van der Waals surface area contributed by atoms with Crippen LogP contribution in [0.25, 0.3) is 0 Å². The van der Waals surface area contributed by atoms with Crippen LogP contribution in [0, 0.1) is 6.92 Å². The molecule has 0 aliphatic heterocycles. The van der Waals surface area contributed by atoms with Crippen LogP contribution in [0.15, 0.2) is 18.2 Å². The van der Waals surface area contributed by atoms with Gasteiger partial charge >= 0.3 is 0 Å². The Kier molecular flexibility index (Phi) is 5.15. The lowest BCUT2D eigenvalue weighted by Crippen LogP contribution is -2.10. The molecule has 84 valence electrons. The molecular weight excluding hydrogens is 190 g/mol. The summed E-state index contributed by atoms with van der Waals surface area (Å²) in [5, 5.41) is 0. The molecule has 1 aromatic carbocycles. The molecule has 1 rings (SSSR count). The van der Waals surface area contributed by atoms with Gasteiger partial charge in [0.05, 0.1) is 20.3 Å². The number of aryl methyl sites for hydroxylation is 1. The van der Waals surface area contributed by atoms with Crippen molar-refractivity contribution >= 4 is 0 Å². The second-order valence-corrected chi connectivity index (χ2v) is 3.47. The minimum atomic E-state index is 0.574. The summed E-state index contributed by atoms with van der Waals surface area (Å²) in [6, 6.07) is 6.17. The highest BCUT2D eigenvalue weighted by Crippen LogP contribution is 2.19. The first-order valence-electron chi connectivity index (χ1n) is 5.19. The number of benzene rings is 1. The predicted molar refractivity (Wildman–Crippen MR) is 61.3 cm³/mol. The van der Waals surface area contributed by atoms with Crippen molar-refractivity contribution in [2.45, 2.75) is 13.3 Å². The zero-order chi connectivity index (χ0) is 11.1. The summed E-state index contributed by atoms with van der Waals surface area (Å²) in [4.78, 5) is 0. The molecule has 0 aromatic heterocycles. The summed E-state index contributed by atoms with van der Waals surface area (Å²) >= 11 is 0. The van der Waals surface area contributed by atoms with Crippen LogP contribution < -0.4 is 10.5 Å². The minimum Gasteiger partial charge on any atom is -0.496 e. The third-order valence-electron chi connectivity index (χ3n) is 2.21. The molecule has 0 aliphatic carbocycles. The minimum absolute atomic E-state index is 0.574. The third-order valence-corrected chi connectivity index (χ3v) is 2.21. The van der Waals surface area contributed by atoms with Crippen LogP contribution in [-0.2, 0) is 11.2 Å². The molecule has 15 heavy (non-hydrogen) atoms. The fraction of sp³-hybridized carbons (Fsp3) is 0.500. The standard InChI is InChI=1S/C12H19NO2/c1-10-3-4-12(14-2)11(9-10)5-7-15-8-6-13/h3-4,9H,5-8,13H2,1-2H3. The number of rotatable bonds is 6. The second kappa shape index (κ2) is 6.43. The number of nitrogens with two attached hydrogens (primary N) is 1. The molecule has 3 nitrogen and oxygen atoms in total. The highest BCUT2D eigenvalue weighted by Gasteiger charge is 2.02. The van der Waals surface area contributed by atoms with Gasteiger partial charge in [-0.15, -0.1) is 0 Å². The van der Waals surface area contributed by atoms with Crippen molar-refractivity contribution in [3.05, 3.63) is 29.3 Å². The molecule has 0 saturated heterocycles. The Morgan fingerprint density at radius 3 is 2.73 bits per heavy atom.